The first kappa shape index (κ1) is 17.0. The number of likely N-dealkylation sites (tertiary alicyclic amines) is 1. The maximum absolute atomic E-state index is 12.3. The highest BCUT2D eigenvalue weighted by Gasteiger charge is 2.29. The van der Waals surface area contributed by atoms with Gasteiger partial charge in [0.25, 0.3) is 0 Å². The number of rotatable bonds is 6. The molecule has 116 valence electrons. The number of nitrogens with one attached hydrogen (secondary N) is 1. The normalized spacial score (nSPS) is 21.6. The van der Waals surface area contributed by atoms with Crippen LogP contribution in [0.15, 0.2) is 0 Å². The molecule has 1 fully saturated rings. The highest BCUT2D eigenvalue weighted by Crippen LogP contribution is 2.14. The van der Waals surface area contributed by atoms with E-state index in [9.17, 15) is 14.7 Å². The Hall–Kier alpha value is -1.10. The number of carboxylic acid groups (broad SMARTS) is 1. The lowest BCUT2D eigenvalue weighted by molar-refractivity contribution is -0.144. The van der Waals surface area contributed by atoms with Crippen LogP contribution in [0.5, 0.6) is 0 Å². The third kappa shape index (κ3) is 4.78. The van der Waals surface area contributed by atoms with E-state index in [1.165, 1.54) is 12.8 Å². The third-order valence-electron chi connectivity index (χ3n) is 4.34. The van der Waals surface area contributed by atoms with Gasteiger partial charge in [-0.15, -0.1) is 0 Å². The molecule has 1 amide bonds. The fourth-order valence-corrected chi connectivity index (χ4v) is 2.61. The largest absolute Gasteiger partial charge is 0.480 e. The summed E-state index contributed by atoms with van der Waals surface area (Å²) >= 11 is 0. The van der Waals surface area contributed by atoms with Crippen LogP contribution in [0.4, 0.5) is 0 Å². The van der Waals surface area contributed by atoms with Crippen LogP contribution in [-0.2, 0) is 9.59 Å². The summed E-state index contributed by atoms with van der Waals surface area (Å²) in [5, 5.41) is 11.9. The quantitative estimate of drug-likeness (QED) is 0.781. The molecule has 5 heteroatoms. The van der Waals surface area contributed by atoms with Crippen molar-refractivity contribution in [3.8, 4) is 0 Å². The second-order valence-electron chi connectivity index (χ2n) is 5.84. The summed E-state index contributed by atoms with van der Waals surface area (Å²) in [4.78, 5) is 25.7. The molecule has 0 aromatic carbocycles. The summed E-state index contributed by atoms with van der Waals surface area (Å²) < 4.78 is 0. The fourth-order valence-electron chi connectivity index (χ4n) is 2.61. The van der Waals surface area contributed by atoms with Crippen LogP contribution in [-0.4, -0.2) is 47.1 Å². The van der Waals surface area contributed by atoms with E-state index in [1.54, 1.807) is 0 Å². The average Bonchev–Trinajstić information content (AvgIpc) is 2.71. The van der Waals surface area contributed by atoms with E-state index in [0.717, 1.165) is 32.4 Å². The van der Waals surface area contributed by atoms with Crippen molar-refractivity contribution in [3.63, 3.8) is 0 Å². The number of carbonyl (C=O) groups is 2. The maximum Gasteiger partial charge on any atom is 0.326 e. The SMILES string of the molecule is CCC(C)C(NC(=O)C(C)N1CCCCCC1)C(=O)O. The number of hydrogen-bond acceptors (Lipinski definition) is 3. The Morgan fingerprint density at radius 3 is 2.15 bits per heavy atom. The number of carbonyl (C=O) groups excluding carboxylic acids is 1. The molecule has 1 saturated heterocycles. The first-order valence-electron chi connectivity index (χ1n) is 7.74. The Labute approximate surface area is 121 Å². The maximum atomic E-state index is 12.3. The Bertz CT molecular complexity index is 325. The lowest BCUT2D eigenvalue weighted by Crippen LogP contribution is -2.52. The molecule has 0 aromatic rings. The Morgan fingerprint density at radius 2 is 1.70 bits per heavy atom. The average molecular weight is 284 g/mol. The van der Waals surface area contributed by atoms with Crippen molar-refractivity contribution < 1.29 is 14.7 Å². The van der Waals surface area contributed by atoms with Crippen LogP contribution in [0, 0.1) is 5.92 Å². The standard InChI is InChI=1S/C15H28N2O3/c1-4-11(2)13(15(19)20)16-14(18)12(3)17-9-7-5-6-8-10-17/h11-13H,4-10H2,1-3H3,(H,16,18)(H,19,20). The van der Waals surface area contributed by atoms with Crippen LogP contribution in [0.25, 0.3) is 0 Å². The molecular weight excluding hydrogens is 256 g/mol. The van der Waals surface area contributed by atoms with Crippen molar-refractivity contribution in [3.05, 3.63) is 0 Å². The molecule has 0 aliphatic carbocycles. The van der Waals surface area contributed by atoms with Crippen LogP contribution in [0.2, 0.25) is 0 Å². The van der Waals surface area contributed by atoms with Gasteiger partial charge in [0.15, 0.2) is 0 Å². The van der Waals surface area contributed by atoms with Crippen LogP contribution in [0.3, 0.4) is 0 Å². The molecule has 0 spiro atoms. The minimum absolute atomic E-state index is 0.0622. The molecule has 1 heterocycles. The second-order valence-corrected chi connectivity index (χ2v) is 5.84. The summed E-state index contributed by atoms with van der Waals surface area (Å²) in [5.41, 5.74) is 0. The van der Waals surface area contributed by atoms with Gasteiger partial charge in [0.1, 0.15) is 6.04 Å². The highest BCUT2D eigenvalue weighted by atomic mass is 16.4. The van der Waals surface area contributed by atoms with Crippen molar-refractivity contribution in [2.75, 3.05) is 13.1 Å². The van der Waals surface area contributed by atoms with Crippen molar-refractivity contribution >= 4 is 11.9 Å². The zero-order chi connectivity index (χ0) is 15.1. The van der Waals surface area contributed by atoms with Crippen LogP contribution in [0.1, 0.15) is 52.9 Å². The predicted molar refractivity (Wildman–Crippen MR) is 78.5 cm³/mol. The zero-order valence-electron chi connectivity index (χ0n) is 12.9. The predicted octanol–water partition coefficient (Wildman–Crippen LogP) is 1.87. The smallest absolute Gasteiger partial charge is 0.326 e. The molecule has 3 unspecified atom stereocenters. The molecule has 0 radical (unpaired) electrons. The molecule has 0 saturated carbocycles. The molecule has 0 bridgehead atoms. The number of amides is 1. The Balaban J connectivity index is 2.60. The third-order valence-corrected chi connectivity index (χ3v) is 4.34. The van der Waals surface area contributed by atoms with Crippen molar-refractivity contribution in [1.29, 1.82) is 0 Å². The fraction of sp³-hybridized carbons (Fsp3) is 0.867. The molecule has 1 aliphatic heterocycles. The van der Waals surface area contributed by atoms with Gasteiger partial charge < -0.3 is 10.4 Å². The number of carboxylic acids is 1. The van der Waals surface area contributed by atoms with E-state index >= 15 is 0 Å². The van der Waals surface area contributed by atoms with Crippen LogP contribution >= 0.6 is 0 Å². The van der Waals surface area contributed by atoms with Gasteiger partial charge in [0, 0.05) is 0 Å². The van der Waals surface area contributed by atoms with Gasteiger partial charge >= 0.3 is 5.97 Å². The molecule has 3 atom stereocenters. The number of aliphatic carboxylic acids is 1. The van der Waals surface area contributed by atoms with Crippen LogP contribution < -0.4 is 5.32 Å². The first-order chi connectivity index (χ1) is 9.47. The number of nitrogens with zero attached hydrogens (tertiary/aromatic N) is 1. The molecule has 20 heavy (non-hydrogen) atoms. The highest BCUT2D eigenvalue weighted by molar-refractivity contribution is 5.86. The van der Waals surface area contributed by atoms with E-state index in [0.29, 0.717) is 0 Å². The van der Waals surface area contributed by atoms with E-state index in [4.69, 9.17) is 0 Å². The van der Waals surface area contributed by atoms with E-state index in [1.807, 2.05) is 20.8 Å². The van der Waals surface area contributed by atoms with Gasteiger partial charge in [-0.1, -0.05) is 33.1 Å². The Kier molecular flexibility index (Phi) is 6.99. The van der Waals surface area contributed by atoms with Crippen molar-refractivity contribution in [2.45, 2.75) is 65.0 Å². The minimum Gasteiger partial charge on any atom is -0.480 e. The molecule has 2 N–H and O–H groups in total. The molecule has 5 nitrogen and oxygen atoms in total. The number of hydrogen-bond donors (Lipinski definition) is 2. The molecular formula is C15H28N2O3. The summed E-state index contributed by atoms with van der Waals surface area (Å²) in [5.74, 6) is -1.18. The van der Waals surface area contributed by atoms with Crippen molar-refractivity contribution in [1.82, 2.24) is 10.2 Å². The van der Waals surface area contributed by atoms with E-state index in [2.05, 4.69) is 10.2 Å². The van der Waals surface area contributed by atoms with Gasteiger partial charge in [0.2, 0.25) is 5.91 Å². The topological polar surface area (TPSA) is 69.6 Å². The lowest BCUT2D eigenvalue weighted by atomic mass is 9.99. The molecule has 1 aliphatic rings. The van der Waals surface area contributed by atoms with E-state index in [-0.39, 0.29) is 17.9 Å². The van der Waals surface area contributed by atoms with Crippen molar-refractivity contribution in [2.24, 2.45) is 5.92 Å². The molecule has 1 rings (SSSR count). The van der Waals surface area contributed by atoms with Gasteiger partial charge in [-0.3, -0.25) is 9.69 Å². The summed E-state index contributed by atoms with van der Waals surface area (Å²) in [6.07, 6.45) is 5.40. The second kappa shape index (κ2) is 8.25. The summed E-state index contributed by atoms with van der Waals surface area (Å²) in [6, 6.07) is -1.04. The van der Waals surface area contributed by atoms with E-state index < -0.39 is 12.0 Å². The minimum atomic E-state index is -0.948. The van der Waals surface area contributed by atoms with Gasteiger partial charge in [0.05, 0.1) is 6.04 Å². The first-order valence-corrected chi connectivity index (χ1v) is 7.74. The zero-order valence-corrected chi connectivity index (χ0v) is 12.9. The van der Waals surface area contributed by atoms with Gasteiger partial charge in [-0.2, -0.15) is 0 Å². The summed E-state index contributed by atoms with van der Waals surface area (Å²) in [7, 11) is 0. The summed E-state index contributed by atoms with van der Waals surface area (Å²) in [6.45, 7) is 7.52. The molecule has 0 aromatic heterocycles. The Morgan fingerprint density at radius 1 is 1.15 bits per heavy atom. The lowest BCUT2D eigenvalue weighted by Gasteiger charge is -2.29. The monoisotopic (exact) mass is 284 g/mol. The van der Waals surface area contributed by atoms with Gasteiger partial charge in [-0.05, 0) is 38.8 Å². The van der Waals surface area contributed by atoms with Gasteiger partial charge in [-0.25, -0.2) is 4.79 Å².